The van der Waals surface area contributed by atoms with Crippen LogP contribution in [-0.4, -0.2) is 47.7 Å². The lowest BCUT2D eigenvalue weighted by atomic mass is 9.61. The van der Waals surface area contributed by atoms with Crippen LogP contribution < -0.4 is 0 Å². The van der Waals surface area contributed by atoms with Crippen molar-refractivity contribution in [2.75, 3.05) is 0 Å². The Kier molecular flexibility index (Phi) is 16.2. The first-order valence-corrected chi connectivity index (χ1v) is 15.6. The molecule has 0 aromatic heterocycles. The molecule has 47 heavy (non-hydrogen) atoms. The second-order valence-corrected chi connectivity index (χ2v) is 14.3. The van der Waals surface area contributed by atoms with Crippen LogP contribution in [0.4, 0.5) is 0 Å². The van der Waals surface area contributed by atoms with Crippen molar-refractivity contribution in [3.05, 3.63) is 0 Å². The molecule has 0 aromatic carbocycles. The third-order valence-electron chi connectivity index (χ3n) is 11.2. The van der Waals surface area contributed by atoms with Crippen LogP contribution in [0.1, 0.15) is 132 Å². The maximum Gasteiger partial charge on any atom is 0.318 e. The van der Waals surface area contributed by atoms with E-state index >= 15 is 0 Å². The van der Waals surface area contributed by atoms with Gasteiger partial charge >= 0.3 is 29.8 Å². The van der Waals surface area contributed by atoms with Crippen LogP contribution in [0.2, 0.25) is 0 Å². The summed E-state index contributed by atoms with van der Waals surface area (Å²) in [6.45, 7) is 15.1. The second kappa shape index (κ2) is 16.3. The molecule has 4 aliphatic carbocycles. The van der Waals surface area contributed by atoms with Gasteiger partial charge in [0.2, 0.25) is 0 Å². The molecule has 2 saturated heterocycles. The third-order valence-corrected chi connectivity index (χ3v) is 11.2. The summed E-state index contributed by atoms with van der Waals surface area (Å²) < 4.78 is 22.6. The van der Waals surface area contributed by atoms with Gasteiger partial charge in [0.15, 0.2) is 0 Å². The Hall–Kier alpha value is -2.45. The smallest absolute Gasteiger partial charge is 0.318 e. The van der Waals surface area contributed by atoms with Crippen molar-refractivity contribution < 1.29 is 42.9 Å². The fourth-order valence-electron chi connectivity index (χ4n) is 9.35. The van der Waals surface area contributed by atoms with Gasteiger partial charge in [0, 0.05) is 11.8 Å². The van der Waals surface area contributed by atoms with Gasteiger partial charge in [-0.25, -0.2) is 0 Å². The molecule has 13 unspecified atom stereocenters. The maximum absolute atomic E-state index is 13.9. The molecule has 2 heterocycles. The van der Waals surface area contributed by atoms with Crippen molar-refractivity contribution >= 4 is 29.8 Å². The van der Waals surface area contributed by atoms with Gasteiger partial charge in [-0.1, -0.05) is 72.3 Å². The second-order valence-electron chi connectivity index (χ2n) is 14.3. The van der Waals surface area contributed by atoms with Crippen molar-refractivity contribution in [1.82, 2.24) is 0 Å². The van der Waals surface area contributed by atoms with Crippen LogP contribution in [0, 0.1) is 64.6 Å². The Morgan fingerprint density at radius 2 is 1.38 bits per heavy atom. The van der Waals surface area contributed by atoms with Crippen molar-refractivity contribution in [2.24, 2.45) is 64.6 Å². The van der Waals surface area contributed by atoms with Gasteiger partial charge in [-0.2, -0.15) is 0 Å². The largest absolute Gasteiger partial charge is 0.460 e. The van der Waals surface area contributed by atoms with E-state index in [2.05, 4.69) is 0 Å². The summed E-state index contributed by atoms with van der Waals surface area (Å²) in [5, 5.41) is 0. The standard InChI is InChI=1S/C30H40O9.C2H6.6CH4/c1-7-30(6,28(35)37-22-14-10-16-18(11-14)24(31)36-23(16)22)21-20(26(33)38-27(21)34)19-12(2)15-8-13(19)9-17(15)25(32)39-29(3,4)5;1-2;;;;;;/h12-23H,7-11H2,1-6H3;1-2H3;6*1H4. The Labute approximate surface area is 287 Å². The summed E-state index contributed by atoms with van der Waals surface area (Å²) in [5.41, 5.74) is -1.85. The number of carbonyl (C=O) groups is 5. The predicted molar refractivity (Wildman–Crippen MR) is 186 cm³/mol. The summed E-state index contributed by atoms with van der Waals surface area (Å²) in [6.07, 6.45) is 2.20. The molecule has 6 fully saturated rings. The average Bonchev–Trinajstić information content (AvgIpc) is 3.72. The van der Waals surface area contributed by atoms with Crippen LogP contribution in [0.3, 0.4) is 0 Å². The van der Waals surface area contributed by atoms with Crippen LogP contribution in [-0.2, 0) is 42.9 Å². The zero-order chi connectivity index (χ0) is 30.2. The van der Waals surface area contributed by atoms with Gasteiger partial charge in [0.25, 0.3) is 0 Å². The minimum Gasteiger partial charge on any atom is -0.460 e. The number of esters is 5. The quantitative estimate of drug-likeness (QED) is 0.156. The summed E-state index contributed by atoms with van der Waals surface area (Å²) in [6, 6.07) is 0. The van der Waals surface area contributed by atoms with E-state index in [0.717, 1.165) is 12.8 Å². The van der Waals surface area contributed by atoms with Crippen LogP contribution >= 0.6 is 0 Å². The first-order valence-electron chi connectivity index (χ1n) is 15.6. The number of carbonyl (C=O) groups excluding carboxylic acids is 5. The summed E-state index contributed by atoms with van der Waals surface area (Å²) >= 11 is 0. The number of hydrogen-bond acceptors (Lipinski definition) is 9. The van der Waals surface area contributed by atoms with E-state index in [1.807, 2.05) is 48.5 Å². The average molecular weight is 671 g/mol. The lowest BCUT2D eigenvalue weighted by Crippen LogP contribution is -2.49. The Bertz CT molecular complexity index is 1120. The zero-order valence-corrected chi connectivity index (χ0v) is 25.6. The van der Waals surface area contributed by atoms with E-state index in [1.54, 1.807) is 6.92 Å². The molecular formula is C38H70O9. The number of hydrogen-bond donors (Lipinski definition) is 0. The molecule has 6 aliphatic rings. The SMILES string of the molecule is C.C.C.C.C.C.CC.CCC(C)(C(=O)OC1C2CC3C(=O)OC1C3C2)C1C(=O)OC(=O)C1C1C2CC(C(=O)OC(C)(C)C)C(C2)C1C. The summed E-state index contributed by atoms with van der Waals surface area (Å²) in [4.78, 5) is 65.5. The first-order chi connectivity index (χ1) is 19.2. The number of ether oxygens (including phenoxy) is 4. The minimum atomic E-state index is -1.27. The van der Waals surface area contributed by atoms with Gasteiger partial charge in [-0.3, -0.25) is 24.0 Å². The third kappa shape index (κ3) is 7.29. The molecule has 2 aliphatic heterocycles. The van der Waals surface area contributed by atoms with Crippen molar-refractivity contribution in [3.63, 3.8) is 0 Å². The molecule has 0 aromatic rings. The van der Waals surface area contributed by atoms with Crippen molar-refractivity contribution in [3.8, 4) is 0 Å². The van der Waals surface area contributed by atoms with Gasteiger partial charge < -0.3 is 18.9 Å². The molecule has 0 amide bonds. The Balaban J connectivity index is 0. The molecule has 0 radical (unpaired) electrons. The van der Waals surface area contributed by atoms with E-state index in [-0.39, 0.29) is 104 Å². The normalized spacial score (nSPS) is 37.7. The summed E-state index contributed by atoms with van der Waals surface area (Å²) in [5.74, 6) is -4.16. The fourth-order valence-corrected chi connectivity index (χ4v) is 9.35. The van der Waals surface area contributed by atoms with Crippen molar-refractivity contribution in [1.29, 1.82) is 0 Å². The van der Waals surface area contributed by atoms with E-state index in [1.165, 1.54) is 0 Å². The molecule has 276 valence electrons. The molecule has 4 bridgehead atoms. The molecule has 9 heteroatoms. The fraction of sp³-hybridized carbons (Fsp3) is 0.868. The van der Waals surface area contributed by atoms with E-state index < -0.39 is 53.0 Å². The highest BCUT2D eigenvalue weighted by molar-refractivity contribution is 6.00. The molecule has 4 saturated carbocycles. The molecule has 0 N–H and O–H groups in total. The van der Waals surface area contributed by atoms with Crippen molar-refractivity contribution in [2.45, 2.75) is 150 Å². The number of fused-ring (bicyclic) bond motifs is 3. The Morgan fingerprint density at radius 3 is 1.91 bits per heavy atom. The van der Waals surface area contributed by atoms with Gasteiger partial charge in [0.05, 0.1) is 29.1 Å². The monoisotopic (exact) mass is 671 g/mol. The molecule has 0 spiro atoms. The Morgan fingerprint density at radius 1 is 0.809 bits per heavy atom. The lowest BCUT2D eigenvalue weighted by Gasteiger charge is -2.41. The van der Waals surface area contributed by atoms with Crippen LogP contribution in [0.5, 0.6) is 0 Å². The van der Waals surface area contributed by atoms with Crippen LogP contribution in [0.15, 0.2) is 0 Å². The van der Waals surface area contributed by atoms with Gasteiger partial charge in [0.1, 0.15) is 17.8 Å². The predicted octanol–water partition coefficient (Wildman–Crippen LogP) is 8.30. The topological polar surface area (TPSA) is 122 Å². The maximum atomic E-state index is 13.9. The number of rotatable bonds is 6. The highest BCUT2D eigenvalue weighted by Crippen LogP contribution is 2.62. The van der Waals surface area contributed by atoms with Crippen LogP contribution in [0.25, 0.3) is 0 Å². The number of cyclic esters (lactones) is 2. The highest BCUT2D eigenvalue weighted by atomic mass is 16.6. The molecular weight excluding hydrogens is 600 g/mol. The minimum absolute atomic E-state index is 0. The zero-order valence-electron chi connectivity index (χ0n) is 25.6. The van der Waals surface area contributed by atoms with Gasteiger partial charge in [-0.05, 0) is 83.5 Å². The lowest BCUT2D eigenvalue weighted by molar-refractivity contribution is -0.178. The van der Waals surface area contributed by atoms with Gasteiger partial charge in [-0.15, -0.1) is 0 Å². The molecule has 6 rings (SSSR count). The first kappa shape index (κ1) is 46.7. The highest BCUT2D eigenvalue weighted by Gasteiger charge is 2.67. The van der Waals surface area contributed by atoms with E-state index in [4.69, 9.17) is 18.9 Å². The van der Waals surface area contributed by atoms with E-state index in [0.29, 0.717) is 19.3 Å². The van der Waals surface area contributed by atoms with E-state index in [9.17, 15) is 24.0 Å². The molecule has 9 nitrogen and oxygen atoms in total. The summed E-state index contributed by atoms with van der Waals surface area (Å²) in [7, 11) is 0. The molecule has 13 atom stereocenters.